The highest BCUT2D eigenvalue weighted by atomic mass is 16.2. The van der Waals surface area contributed by atoms with Crippen LogP contribution in [0, 0.1) is 0 Å². The summed E-state index contributed by atoms with van der Waals surface area (Å²) in [5.74, 6) is -0.362. The number of rotatable bonds is 8. The Labute approximate surface area is 184 Å². The minimum atomic E-state index is -0.455. The van der Waals surface area contributed by atoms with Gasteiger partial charge in [-0.05, 0) is 54.0 Å². The molecule has 31 heavy (non-hydrogen) atoms. The van der Waals surface area contributed by atoms with E-state index in [0.29, 0.717) is 18.5 Å². The van der Waals surface area contributed by atoms with Gasteiger partial charge in [0.2, 0.25) is 11.8 Å². The summed E-state index contributed by atoms with van der Waals surface area (Å²) in [7, 11) is 5.82. The molecule has 0 aliphatic carbocycles. The third kappa shape index (κ3) is 5.80. The third-order valence-corrected chi connectivity index (χ3v) is 5.32. The molecule has 0 aliphatic heterocycles. The van der Waals surface area contributed by atoms with Gasteiger partial charge in [-0.25, -0.2) is 0 Å². The van der Waals surface area contributed by atoms with Gasteiger partial charge in [-0.1, -0.05) is 60.7 Å². The first-order valence-electron chi connectivity index (χ1n) is 10.3. The first-order chi connectivity index (χ1) is 14.8. The van der Waals surface area contributed by atoms with Crippen LogP contribution in [0.15, 0.2) is 72.8 Å². The second kappa shape index (κ2) is 10.0. The van der Waals surface area contributed by atoms with Crippen LogP contribution in [0.25, 0.3) is 22.3 Å². The summed E-state index contributed by atoms with van der Waals surface area (Å²) in [4.78, 5) is 28.1. The molecule has 0 radical (unpaired) electrons. The van der Waals surface area contributed by atoms with E-state index in [1.807, 2.05) is 87.9 Å². The van der Waals surface area contributed by atoms with Crippen molar-refractivity contribution in [2.75, 3.05) is 34.2 Å². The van der Waals surface area contributed by atoms with Crippen molar-refractivity contribution in [1.29, 1.82) is 0 Å². The predicted molar refractivity (Wildman–Crippen MR) is 126 cm³/mol. The summed E-state index contributed by atoms with van der Waals surface area (Å²) >= 11 is 0. The smallest absolute Gasteiger partial charge is 0.248 e. The topological polar surface area (TPSA) is 66.6 Å². The minimum absolute atomic E-state index is 0.0929. The number of amides is 2. The van der Waals surface area contributed by atoms with Gasteiger partial charge in [-0.15, -0.1) is 0 Å². The van der Waals surface area contributed by atoms with Crippen LogP contribution in [0.5, 0.6) is 0 Å². The Morgan fingerprint density at radius 3 is 2.03 bits per heavy atom. The van der Waals surface area contributed by atoms with Crippen molar-refractivity contribution in [2.45, 2.75) is 6.42 Å². The SMILES string of the molecule is CN(C)CCN(C)C(=O)Cc1ccc(-c2cc(C(N)=O)ccc2-c2ccccc2)cc1. The zero-order valence-electron chi connectivity index (χ0n) is 18.3. The molecule has 3 aromatic rings. The van der Waals surface area contributed by atoms with Crippen LogP contribution < -0.4 is 5.73 Å². The number of nitrogens with two attached hydrogens (primary N) is 1. The maximum atomic E-state index is 12.5. The van der Waals surface area contributed by atoms with Gasteiger partial charge in [0, 0.05) is 25.7 Å². The highest BCUT2D eigenvalue weighted by Gasteiger charge is 2.13. The van der Waals surface area contributed by atoms with Crippen LogP contribution in [0.1, 0.15) is 15.9 Å². The van der Waals surface area contributed by atoms with Gasteiger partial charge in [0.25, 0.3) is 0 Å². The number of hydrogen-bond acceptors (Lipinski definition) is 3. The number of carbonyl (C=O) groups is 2. The van der Waals surface area contributed by atoms with Crippen molar-refractivity contribution in [2.24, 2.45) is 5.73 Å². The zero-order chi connectivity index (χ0) is 22.4. The molecular formula is C26H29N3O2. The standard InChI is InChI=1S/C26H29N3O2/c1-28(2)15-16-29(3)25(30)17-19-9-11-21(12-10-19)24-18-22(26(27)31)13-14-23(24)20-7-5-4-6-8-20/h4-14,18H,15-17H2,1-3H3,(H2,27,31). The van der Waals surface area contributed by atoms with E-state index >= 15 is 0 Å². The molecule has 0 bridgehead atoms. The van der Waals surface area contributed by atoms with Crippen LogP contribution in [-0.4, -0.2) is 55.8 Å². The number of carbonyl (C=O) groups excluding carboxylic acids is 2. The summed E-state index contributed by atoms with van der Waals surface area (Å²) in [5.41, 5.74) is 10.9. The molecule has 0 fully saturated rings. The molecule has 0 unspecified atom stereocenters. The van der Waals surface area contributed by atoms with Crippen LogP contribution in [0.4, 0.5) is 0 Å². The van der Waals surface area contributed by atoms with Gasteiger partial charge in [0.1, 0.15) is 0 Å². The number of likely N-dealkylation sites (N-methyl/N-ethyl adjacent to an activating group) is 2. The van der Waals surface area contributed by atoms with Crippen molar-refractivity contribution in [3.05, 3.63) is 83.9 Å². The summed E-state index contributed by atoms with van der Waals surface area (Å²) in [6, 6.07) is 23.5. The van der Waals surface area contributed by atoms with E-state index in [2.05, 4.69) is 4.90 Å². The molecule has 2 N–H and O–H groups in total. The Kier molecular flexibility index (Phi) is 7.21. The van der Waals surface area contributed by atoms with Crippen molar-refractivity contribution >= 4 is 11.8 Å². The maximum absolute atomic E-state index is 12.5. The normalized spacial score (nSPS) is 10.8. The average molecular weight is 416 g/mol. The predicted octanol–water partition coefficient (Wildman–Crippen LogP) is 3.68. The number of benzene rings is 3. The quantitative estimate of drug-likeness (QED) is 0.610. The first kappa shape index (κ1) is 22.2. The van der Waals surface area contributed by atoms with Crippen molar-refractivity contribution in [3.63, 3.8) is 0 Å². The summed E-state index contributed by atoms with van der Waals surface area (Å²) in [6.45, 7) is 1.53. The van der Waals surface area contributed by atoms with E-state index in [-0.39, 0.29) is 5.91 Å². The van der Waals surface area contributed by atoms with E-state index < -0.39 is 5.91 Å². The van der Waals surface area contributed by atoms with E-state index in [0.717, 1.165) is 34.4 Å². The van der Waals surface area contributed by atoms with Crippen molar-refractivity contribution in [1.82, 2.24) is 9.80 Å². The molecule has 160 valence electrons. The maximum Gasteiger partial charge on any atom is 0.248 e. The second-order valence-corrected chi connectivity index (χ2v) is 7.98. The van der Waals surface area contributed by atoms with Gasteiger partial charge in [0.05, 0.1) is 6.42 Å². The van der Waals surface area contributed by atoms with Crippen LogP contribution in [-0.2, 0) is 11.2 Å². The lowest BCUT2D eigenvalue weighted by Gasteiger charge is -2.19. The fraction of sp³-hybridized carbons (Fsp3) is 0.231. The molecule has 5 nitrogen and oxygen atoms in total. The Bertz CT molecular complexity index is 1040. The first-order valence-corrected chi connectivity index (χ1v) is 10.3. The molecule has 0 atom stereocenters. The second-order valence-electron chi connectivity index (χ2n) is 7.98. The molecule has 0 aromatic heterocycles. The lowest BCUT2D eigenvalue weighted by molar-refractivity contribution is -0.129. The van der Waals surface area contributed by atoms with Gasteiger partial charge in [-0.3, -0.25) is 9.59 Å². The lowest BCUT2D eigenvalue weighted by Crippen LogP contribution is -2.34. The molecule has 5 heteroatoms. The monoisotopic (exact) mass is 415 g/mol. The Balaban J connectivity index is 1.85. The molecule has 0 aliphatic rings. The third-order valence-electron chi connectivity index (χ3n) is 5.32. The molecule has 3 rings (SSSR count). The molecular weight excluding hydrogens is 386 g/mol. The fourth-order valence-corrected chi connectivity index (χ4v) is 3.39. The summed E-state index contributed by atoms with van der Waals surface area (Å²) in [5, 5.41) is 0. The Hall–Kier alpha value is -3.44. The van der Waals surface area contributed by atoms with Crippen LogP contribution in [0.2, 0.25) is 0 Å². The lowest BCUT2D eigenvalue weighted by atomic mass is 9.92. The highest BCUT2D eigenvalue weighted by Crippen LogP contribution is 2.33. The van der Waals surface area contributed by atoms with E-state index in [1.165, 1.54) is 0 Å². The highest BCUT2D eigenvalue weighted by molar-refractivity contribution is 5.96. The fourth-order valence-electron chi connectivity index (χ4n) is 3.39. The number of primary amides is 1. The molecule has 0 saturated heterocycles. The van der Waals surface area contributed by atoms with Gasteiger partial charge < -0.3 is 15.5 Å². The number of nitrogens with zero attached hydrogens (tertiary/aromatic N) is 2. The van der Waals surface area contributed by atoms with E-state index in [9.17, 15) is 9.59 Å². The minimum Gasteiger partial charge on any atom is -0.366 e. The van der Waals surface area contributed by atoms with E-state index in [4.69, 9.17) is 5.73 Å². The van der Waals surface area contributed by atoms with Crippen LogP contribution >= 0.6 is 0 Å². The van der Waals surface area contributed by atoms with Crippen molar-refractivity contribution < 1.29 is 9.59 Å². The number of hydrogen-bond donors (Lipinski definition) is 1. The van der Waals surface area contributed by atoms with Gasteiger partial charge >= 0.3 is 0 Å². The molecule has 0 heterocycles. The largest absolute Gasteiger partial charge is 0.366 e. The van der Waals surface area contributed by atoms with Crippen LogP contribution in [0.3, 0.4) is 0 Å². The molecule has 2 amide bonds. The van der Waals surface area contributed by atoms with E-state index in [1.54, 1.807) is 11.0 Å². The molecule has 0 spiro atoms. The van der Waals surface area contributed by atoms with Gasteiger partial charge in [0.15, 0.2) is 0 Å². The molecule has 0 saturated carbocycles. The van der Waals surface area contributed by atoms with Gasteiger partial charge in [-0.2, -0.15) is 0 Å². The summed E-state index contributed by atoms with van der Waals surface area (Å²) in [6.07, 6.45) is 0.358. The molecule has 3 aromatic carbocycles. The average Bonchev–Trinajstić information content (AvgIpc) is 2.78. The van der Waals surface area contributed by atoms with Crippen molar-refractivity contribution in [3.8, 4) is 22.3 Å². The Morgan fingerprint density at radius 2 is 1.42 bits per heavy atom. The summed E-state index contributed by atoms with van der Waals surface area (Å²) < 4.78 is 0. The Morgan fingerprint density at radius 1 is 0.774 bits per heavy atom. The zero-order valence-corrected chi connectivity index (χ0v) is 18.3.